The number of rotatable bonds is 7. The standard InChI is InChI=1S/C20H21F3N4O3/c1-11-7-15(8-16(25-11)27-18(28)13-3-4-13)19(29)26-12(2)14-5-6-17(24-9-14)30-10-20(21,22)23/h5-9,12-13H,3-4,10H2,1-2H3,(H,26,29)(H,25,27,28). The van der Waals surface area contributed by atoms with Crippen LogP contribution in [0.15, 0.2) is 30.5 Å². The normalized spacial score (nSPS) is 14.7. The van der Waals surface area contributed by atoms with Crippen molar-refractivity contribution >= 4 is 17.6 Å². The van der Waals surface area contributed by atoms with Gasteiger partial charge in [0, 0.05) is 29.4 Å². The van der Waals surface area contributed by atoms with Crippen molar-refractivity contribution in [3.8, 4) is 5.88 Å². The van der Waals surface area contributed by atoms with Gasteiger partial charge in [-0.15, -0.1) is 0 Å². The summed E-state index contributed by atoms with van der Waals surface area (Å²) in [5, 5.41) is 5.51. The minimum atomic E-state index is -4.44. The third kappa shape index (κ3) is 6.16. The summed E-state index contributed by atoms with van der Waals surface area (Å²) >= 11 is 0. The molecule has 2 aromatic rings. The molecule has 1 atom stereocenters. The van der Waals surface area contributed by atoms with Gasteiger partial charge in [0.15, 0.2) is 6.61 Å². The van der Waals surface area contributed by atoms with Crippen molar-refractivity contribution in [1.82, 2.24) is 15.3 Å². The van der Waals surface area contributed by atoms with E-state index in [9.17, 15) is 22.8 Å². The van der Waals surface area contributed by atoms with E-state index in [0.29, 0.717) is 22.6 Å². The lowest BCUT2D eigenvalue weighted by molar-refractivity contribution is -0.154. The number of anilines is 1. The van der Waals surface area contributed by atoms with E-state index in [1.165, 1.54) is 24.4 Å². The molecule has 2 heterocycles. The second kappa shape index (κ2) is 8.68. The topological polar surface area (TPSA) is 93.2 Å². The molecule has 0 saturated heterocycles. The summed E-state index contributed by atoms with van der Waals surface area (Å²) in [5.74, 6) is -0.313. The van der Waals surface area contributed by atoms with Gasteiger partial charge in [0.05, 0.1) is 6.04 Å². The van der Waals surface area contributed by atoms with E-state index in [4.69, 9.17) is 0 Å². The van der Waals surface area contributed by atoms with Crippen LogP contribution in [0, 0.1) is 12.8 Å². The maximum absolute atomic E-state index is 12.6. The fourth-order valence-electron chi connectivity index (χ4n) is 2.69. The van der Waals surface area contributed by atoms with E-state index in [1.54, 1.807) is 19.9 Å². The van der Waals surface area contributed by atoms with Crippen molar-refractivity contribution in [2.75, 3.05) is 11.9 Å². The van der Waals surface area contributed by atoms with Gasteiger partial charge in [-0.2, -0.15) is 13.2 Å². The molecule has 7 nitrogen and oxygen atoms in total. The Morgan fingerprint density at radius 3 is 2.60 bits per heavy atom. The molecule has 1 saturated carbocycles. The van der Waals surface area contributed by atoms with Crippen LogP contribution in [0.2, 0.25) is 0 Å². The minimum absolute atomic E-state index is 0.0141. The molecule has 2 amide bonds. The Hall–Kier alpha value is -3.17. The lowest BCUT2D eigenvalue weighted by Crippen LogP contribution is -2.27. The van der Waals surface area contributed by atoms with Gasteiger partial charge in [-0.3, -0.25) is 9.59 Å². The van der Waals surface area contributed by atoms with Crippen molar-refractivity contribution in [2.45, 2.75) is 38.9 Å². The first-order valence-electron chi connectivity index (χ1n) is 9.36. The Labute approximate surface area is 171 Å². The molecule has 0 aliphatic heterocycles. The highest BCUT2D eigenvalue weighted by molar-refractivity contribution is 5.97. The van der Waals surface area contributed by atoms with E-state index in [0.717, 1.165) is 12.8 Å². The van der Waals surface area contributed by atoms with Gasteiger partial charge < -0.3 is 15.4 Å². The van der Waals surface area contributed by atoms with E-state index >= 15 is 0 Å². The van der Waals surface area contributed by atoms with Crippen molar-refractivity contribution in [3.05, 3.63) is 47.3 Å². The first-order valence-corrected chi connectivity index (χ1v) is 9.36. The number of nitrogens with one attached hydrogen (secondary N) is 2. The van der Waals surface area contributed by atoms with Gasteiger partial charge in [0.25, 0.3) is 5.91 Å². The molecule has 1 aliphatic carbocycles. The summed E-state index contributed by atoms with van der Waals surface area (Å²) in [5.41, 5.74) is 1.50. The van der Waals surface area contributed by atoms with Crippen molar-refractivity contribution < 1.29 is 27.5 Å². The zero-order chi connectivity index (χ0) is 21.9. The minimum Gasteiger partial charge on any atom is -0.468 e. The molecule has 0 bridgehead atoms. The number of alkyl halides is 3. The highest BCUT2D eigenvalue weighted by atomic mass is 19.4. The summed E-state index contributed by atoms with van der Waals surface area (Å²) in [6, 6.07) is 5.48. The second-order valence-electron chi connectivity index (χ2n) is 7.17. The van der Waals surface area contributed by atoms with Crippen LogP contribution in [0.5, 0.6) is 5.88 Å². The quantitative estimate of drug-likeness (QED) is 0.712. The number of pyridine rings is 2. The lowest BCUT2D eigenvalue weighted by atomic mass is 10.1. The van der Waals surface area contributed by atoms with E-state index < -0.39 is 18.8 Å². The summed E-state index contributed by atoms with van der Waals surface area (Å²) in [4.78, 5) is 32.6. The van der Waals surface area contributed by atoms with Crippen LogP contribution in [-0.2, 0) is 4.79 Å². The summed E-state index contributed by atoms with van der Waals surface area (Å²) < 4.78 is 41.2. The van der Waals surface area contributed by atoms with Crippen LogP contribution < -0.4 is 15.4 Å². The van der Waals surface area contributed by atoms with Gasteiger partial charge in [0.1, 0.15) is 5.82 Å². The molecule has 3 rings (SSSR count). The fraction of sp³-hybridized carbons (Fsp3) is 0.400. The molecule has 160 valence electrons. The number of ether oxygens (including phenoxy) is 1. The van der Waals surface area contributed by atoms with Crippen LogP contribution in [0.3, 0.4) is 0 Å². The van der Waals surface area contributed by atoms with Gasteiger partial charge >= 0.3 is 6.18 Å². The molecule has 0 radical (unpaired) electrons. The van der Waals surface area contributed by atoms with Gasteiger partial charge in [-0.05, 0) is 44.4 Å². The van der Waals surface area contributed by atoms with Crippen molar-refractivity contribution in [2.24, 2.45) is 5.92 Å². The molecule has 0 aromatic carbocycles. The molecule has 2 N–H and O–H groups in total. The van der Waals surface area contributed by atoms with Crippen LogP contribution >= 0.6 is 0 Å². The number of carbonyl (C=O) groups excluding carboxylic acids is 2. The molecule has 30 heavy (non-hydrogen) atoms. The Bertz CT molecular complexity index is 928. The predicted octanol–water partition coefficient (Wildman–Crippen LogP) is 3.57. The van der Waals surface area contributed by atoms with Gasteiger partial charge in [0.2, 0.25) is 11.8 Å². The summed E-state index contributed by atoms with van der Waals surface area (Å²) in [6.45, 7) is 2.01. The lowest BCUT2D eigenvalue weighted by Gasteiger charge is -2.15. The monoisotopic (exact) mass is 422 g/mol. The number of carbonyl (C=O) groups is 2. The Kier molecular flexibility index (Phi) is 6.23. The van der Waals surface area contributed by atoms with Gasteiger partial charge in [-0.1, -0.05) is 6.07 Å². The number of halogens is 3. The molecular formula is C20H21F3N4O3. The third-order valence-corrected chi connectivity index (χ3v) is 4.41. The molecule has 2 aromatic heterocycles. The maximum Gasteiger partial charge on any atom is 0.422 e. The zero-order valence-corrected chi connectivity index (χ0v) is 16.4. The highest BCUT2D eigenvalue weighted by Crippen LogP contribution is 2.30. The molecule has 10 heteroatoms. The fourth-order valence-corrected chi connectivity index (χ4v) is 2.69. The zero-order valence-electron chi connectivity index (χ0n) is 16.4. The predicted molar refractivity (Wildman–Crippen MR) is 102 cm³/mol. The van der Waals surface area contributed by atoms with Crippen molar-refractivity contribution in [1.29, 1.82) is 0 Å². The summed E-state index contributed by atoms with van der Waals surface area (Å²) in [6.07, 6.45) is -1.38. The Balaban J connectivity index is 1.62. The summed E-state index contributed by atoms with van der Waals surface area (Å²) in [7, 11) is 0. The van der Waals surface area contributed by atoms with Crippen LogP contribution in [0.1, 0.15) is 47.4 Å². The van der Waals surface area contributed by atoms with Crippen LogP contribution in [-0.4, -0.2) is 34.6 Å². The number of hydrogen-bond acceptors (Lipinski definition) is 5. The number of amides is 2. The van der Waals surface area contributed by atoms with Gasteiger partial charge in [-0.25, -0.2) is 9.97 Å². The van der Waals surface area contributed by atoms with Crippen molar-refractivity contribution in [3.63, 3.8) is 0 Å². The highest BCUT2D eigenvalue weighted by Gasteiger charge is 2.30. The molecule has 1 fully saturated rings. The average molecular weight is 422 g/mol. The molecule has 1 aliphatic rings. The second-order valence-corrected chi connectivity index (χ2v) is 7.17. The molecule has 1 unspecified atom stereocenters. The van der Waals surface area contributed by atoms with Crippen LogP contribution in [0.25, 0.3) is 0 Å². The van der Waals surface area contributed by atoms with E-state index in [2.05, 4.69) is 25.3 Å². The van der Waals surface area contributed by atoms with E-state index in [-0.39, 0.29) is 23.6 Å². The Morgan fingerprint density at radius 2 is 2.00 bits per heavy atom. The largest absolute Gasteiger partial charge is 0.468 e. The number of aromatic nitrogens is 2. The third-order valence-electron chi connectivity index (χ3n) is 4.41. The number of nitrogens with zero attached hydrogens (tertiary/aromatic N) is 2. The average Bonchev–Trinajstić information content (AvgIpc) is 3.51. The first kappa shape index (κ1) is 21.5. The number of aryl methyl sites for hydroxylation is 1. The van der Waals surface area contributed by atoms with E-state index in [1.807, 2.05) is 0 Å². The Morgan fingerprint density at radius 1 is 1.27 bits per heavy atom. The molecular weight excluding hydrogens is 401 g/mol. The SMILES string of the molecule is Cc1cc(C(=O)NC(C)c2ccc(OCC(F)(F)F)nc2)cc(NC(=O)C2CC2)n1. The van der Waals surface area contributed by atoms with Crippen LogP contribution in [0.4, 0.5) is 19.0 Å². The molecule has 0 spiro atoms. The number of hydrogen-bond donors (Lipinski definition) is 2. The first-order chi connectivity index (χ1) is 14.1. The maximum atomic E-state index is 12.6. The smallest absolute Gasteiger partial charge is 0.422 e.